The fourth-order valence-electron chi connectivity index (χ4n) is 2.19. The van der Waals surface area contributed by atoms with Crippen molar-refractivity contribution in [2.45, 2.75) is 20.4 Å². The van der Waals surface area contributed by atoms with Gasteiger partial charge in [-0.15, -0.1) is 0 Å². The van der Waals surface area contributed by atoms with Crippen LogP contribution in [0.4, 0.5) is 0 Å². The number of carbonyl (C=O) groups excluding carboxylic acids is 2. The third-order valence-corrected chi connectivity index (χ3v) is 3.49. The Morgan fingerprint density at radius 2 is 1.70 bits per heavy atom. The van der Waals surface area contributed by atoms with Crippen molar-refractivity contribution in [1.82, 2.24) is 15.2 Å². The number of hydrogen-bond donors (Lipinski definition) is 2. The zero-order valence-corrected chi connectivity index (χ0v) is 13.6. The number of nitrogens with zero attached hydrogens (tertiary/aromatic N) is 1. The van der Waals surface area contributed by atoms with Crippen LogP contribution >= 0.6 is 0 Å². The lowest BCUT2D eigenvalue weighted by atomic mass is 10.2. The van der Waals surface area contributed by atoms with Gasteiger partial charge in [0.2, 0.25) is 5.91 Å². The van der Waals surface area contributed by atoms with Gasteiger partial charge < -0.3 is 15.2 Å². The highest BCUT2D eigenvalue weighted by molar-refractivity contribution is 5.92. The molecule has 0 saturated heterocycles. The first-order valence-electron chi connectivity index (χ1n) is 7.83. The van der Waals surface area contributed by atoms with E-state index >= 15 is 0 Å². The Labute approximate surface area is 136 Å². The molecule has 5 heteroatoms. The second kappa shape index (κ2) is 8.17. The maximum Gasteiger partial charge on any atom is 0.267 e. The van der Waals surface area contributed by atoms with E-state index in [-0.39, 0.29) is 17.7 Å². The molecule has 122 valence electrons. The van der Waals surface area contributed by atoms with E-state index in [9.17, 15) is 9.59 Å². The molecule has 0 bridgehead atoms. The summed E-state index contributed by atoms with van der Waals surface area (Å²) in [6.07, 6.45) is 1.89. The highest BCUT2D eigenvalue weighted by Crippen LogP contribution is 2.07. The Bertz CT molecular complexity index is 647. The van der Waals surface area contributed by atoms with Crippen LogP contribution in [0.3, 0.4) is 0 Å². The van der Waals surface area contributed by atoms with Crippen molar-refractivity contribution in [2.75, 3.05) is 13.1 Å². The quantitative estimate of drug-likeness (QED) is 0.768. The minimum absolute atomic E-state index is 0.00768. The normalized spacial score (nSPS) is 10.6. The van der Waals surface area contributed by atoms with Gasteiger partial charge in [0.05, 0.1) is 0 Å². The van der Waals surface area contributed by atoms with Crippen LogP contribution < -0.4 is 10.6 Å². The summed E-state index contributed by atoms with van der Waals surface area (Å²) >= 11 is 0. The maximum absolute atomic E-state index is 12.3. The first kappa shape index (κ1) is 16.8. The van der Waals surface area contributed by atoms with Crippen LogP contribution in [-0.2, 0) is 11.3 Å². The molecule has 2 amide bonds. The fourth-order valence-corrected chi connectivity index (χ4v) is 2.19. The van der Waals surface area contributed by atoms with Crippen LogP contribution in [0.15, 0.2) is 48.7 Å². The third kappa shape index (κ3) is 4.98. The Hall–Kier alpha value is -2.56. The van der Waals surface area contributed by atoms with Gasteiger partial charge in [-0.1, -0.05) is 44.2 Å². The van der Waals surface area contributed by atoms with Gasteiger partial charge in [-0.25, -0.2) is 0 Å². The summed E-state index contributed by atoms with van der Waals surface area (Å²) in [6, 6.07) is 13.7. The Balaban J connectivity index is 1.86. The molecular formula is C18H23N3O2. The number of nitrogens with one attached hydrogen (secondary N) is 2. The second-order valence-electron chi connectivity index (χ2n) is 5.71. The summed E-state index contributed by atoms with van der Waals surface area (Å²) < 4.78 is 1.91. The van der Waals surface area contributed by atoms with Gasteiger partial charge in [-0.05, 0) is 17.7 Å². The number of carbonyl (C=O) groups is 2. The van der Waals surface area contributed by atoms with Crippen molar-refractivity contribution in [3.8, 4) is 0 Å². The van der Waals surface area contributed by atoms with Crippen LogP contribution in [0.1, 0.15) is 29.9 Å². The number of amides is 2. The topological polar surface area (TPSA) is 63.1 Å². The van der Waals surface area contributed by atoms with Crippen LogP contribution in [0, 0.1) is 5.92 Å². The molecule has 2 aromatic rings. The maximum atomic E-state index is 12.3. The van der Waals surface area contributed by atoms with E-state index in [1.165, 1.54) is 0 Å². The van der Waals surface area contributed by atoms with Crippen LogP contribution in [0.2, 0.25) is 0 Å². The molecule has 0 radical (unpaired) electrons. The third-order valence-electron chi connectivity index (χ3n) is 3.49. The molecule has 2 rings (SSSR count). The first-order chi connectivity index (χ1) is 11.1. The minimum Gasteiger partial charge on any atom is -0.354 e. The molecule has 1 heterocycles. The van der Waals surface area contributed by atoms with Gasteiger partial charge >= 0.3 is 0 Å². The van der Waals surface area contributed by atoms with Gasteiger partial charge in [-0.2, -0.15) is 0 Å². The van der Waals surface area contributed by atoms with Crippen LogP contribution in [-0.4, -0.2) is 29.5 Å². The van der Waals surface area contributed by atoms with E-state index in [1.54, 1.807) is 6.07 Å². The number of benzene rings is 1. The van der Waals surface area contributed by atoms with Crippen molar-refractivity contribution in [3.05, 3.63) is 59.9 Å². The SMILES string of the molecule is CC(C)C(=O)NCCNC(=O)c1cccn1Cc1ccccc1. The van der Waals surface area contributed by atoms with Gasteiger partial charge in [0.1, 0.15) is 5.69 Å². The van der Waals surface area contributed by atoms with E-state index in [2.05, 4.69) is 10.6 Å². The minimum atomic E-state index is -0.135. The summed E-state index contributed by atoms with van der Waals surface area (Å²) in [5, 5.41) is 5.61. The molecular weight excluding hydrogens is 290 g/mol. The summed E-state index contributed by atoms with van der Waals surface area (Å²) in [6.45, 7) is 5.17. The smallest absolute Gasteiger partial charge is 0.267 e. The van der Waals surface area contributed by atoms with E-state index < -0.39 is 0 Å². The van der Waals surface area contributed by atoms with Crippen molar-refractivity contribution in [2.24, 2.45) is 5.92 Å². The summed E-state index contributed by atoms with van der Waals surface area (Å²) in [5.41, 5.74) is 1.76. The Kier molecular flexibility index (Phi) is 5.97. The lowest BCUT2D eigenvalue weighted by Crippen LogP contribution is -2.36. The number of hydrogen-bond acceptors (Lipinski definition) is 2. The molecule has 0 unspecified atom stereocenters. The van der Waals surface area contributed by atoms with Crippen molar-refractivity contribution in [3.63, 3.8) is 0 Å². The standard InChI is InChI=1S/C18H23N3O2/c1-14(2)17(22)19-10-11-20-18(23)16-9-6-12-21(16)13-15-7-4-3-5-8-15/h3-9,12,14H,10-11,13H2,1-2H3,(H,19,22)(H,20,23). The molecule has 0 aliphatic rings. The monoisotopic (exact) mass is 313 g/mol. The number of aromatic nitrogens is 1. The van der Waals surface area contributed by atoms with Crippen LogP contribution in [0.5, 0.6) is 0 Å². The lowest BCUT2D eigenvalue weighted by Gasteiger charge is -2.11. The van der Waals surface area contributed by atoms with E-state index in [1.807, 2.05) is 61.0 Å². The summed E-state index contributed by atoms with van der Waals surface area (Å²) in [4.78, 5) is 23.7. The molecule has 0 aliphatic carbocycles. The molecule has 1 aromatic heterocycles. The molecule has 1 aromatic carbocycles. The van der Waals surface area contributed by atoms with E-state index in [0.717, 1.165) is 5.56 Å². The Morgan fingerprint density at radius 1 is 1.00 bits per heavy atom. The number of rotatable bonds is 7. The first-order valence-corrected chi connectivity index (χ1v) is 7.83. The summed E-state index contributed by atoms with van der Waals surface area (Å²) in [7, 11) is 0. The molecule has 0 fully saturated rings. The van der Waals surface area contributed by atoms with Gasteiger partial charge in [-0.3, -0.25) is 9.59 Å². The van der Waals surface area contributed by atoms with Gasteiger partial charge in [0.25, 0.3) is 5.91 Å². The van der Waals surface area contributed by atoms with Gasteiger partial charge in [0.15, 0.2) is 0 Å². The average molecular weight is 313 g/mol. The predicted molar refractivity (Wildman–Crippen MR) is 90.2 cm³/mol. The van der Waals surface area contributed by atoms with Crippen molar-refractivity contribution >= 4 is 11.8 Å². The van der Waals surface area contributed by atoms with Gasteiger partial charge in [0, 0.05) is 31.7 Å². The average Bonchev–Trinajstić information content (AvgIpc) is 3.00. The van der Waals surface area contributed by atoms with Crippen molar-refractivity contribution < 1.29 is 9.59 Å². The molecule has 5 nitrogen and oxygen atoms in total. The second-order valence-corrected chi connectivity index (χ2v) is 5.71. The molecule has 2 N–H and O–H groups in total. The fraction of sp³-hybridized carbons (Fsp3) is 0.333. The molecule has 0 atom stereocenters. The predicted octanol–water partition coefficient (Wildman–Crippen LogP) is 2.04. The highest BCUT2D eigenvalue weighted by Gasteiger charge is 2.11. The highest BCUT2D eigenvalue weighted by atomic mass is 16.2. The zero-order chi connectivity index (χ0) is 16.7. The molecule has 23 heavy (non-hydrogen) atoms. The molecule has 0 saturated carbocycles. The van der Waals surface area contributed by atoms with Crippen molar-refractivity contribution in [1.29, 1.82) is 0 Å². The van der Waals surface area contributed by atoms with Crippen LogP contribution in [0.25, 0.3) is 0 Å². The molecule has 0 aliphatic heterocycles. The van der Waals surface area contributed by atoms with E-state index in [4.69, 9.17) is 0 Å². The largest absolute Gasteiger partial charge is 0.354 e. The van der Waals surface area contributed by atoms with E-state index in [0.29, 0.717) is 25.3 Å². The Morgan fingerprint density at radius 3 is 2.39 bits per heavy atom. The lowest BCUT2D eigenvalue weighted by molar-refractivity contribution is -0.123. The zero-order valence-electron chi connectivity index (χ0n) is 13.6. The molecule has 0 spiro atoms. The summed E-state index contributed by atoms with van der Waals surface area (Å²) in [5.74, 6) is -0.190.